The fourth-order valence-electron chi connectivity index (χ4n) is 3.16. The molecule has 4 aromatic rings. The Bertz CT molecular complexity index is 1160. The lowest BCUT2D eigenvalue weighted by Crippen LogP contribution is -2.27. The molecule has 0 saturated heterocycles. The largest absolute Gasteiger partial charge is 0.341 e. The average molecular weight is 394 g/mol. The highest BCUT2D eigenvalue weighted by molar-refractivity contribution is 7.99. The van der Waals surface area contributed by atoms with E-state index in [1.165, 1.54) is 23.9 Å². The van der Waals surface area contributed by atoms with Gasteiger partial charge in [0, 0.05) is 19.0 Å². The number of hydrogen-bond donors (Lipinski definition) is 0. The van der Waals surface area contributed by atoms with Crippen molar-refractivity contribution < 1.29 is 9.18 Å². The molecule has 0 saturated carbocycles. The van der Waals surface area contributed by atoms with Gasteiger partial charge in [-0.25, -0.2) is 4.39 Å². The summed E-state index contributed by atoms with van der Waals surface area (Å²) in [4.78, 5) is 14.2. The molecule has 0 aliphatic rings. The molecule has 4 rings (SSSR count). The summed E-state index contributed by atoms with van der Waals surface area (Å²) in [7, 11) is 1.74. The lowest BCUT2D eigenvalue weighted by molar-refractivity contribution is -0.127. The van der Waals surface area contributed by atoms with Gasteiger partial charge in [-0.1, -0.05) is 42.1 Å². The van der Waals surface area contributed by atoms with Gasteiger partial charge >= 0.3 is 0 Å². The van der Waals surface area contributed by atoms with Crippen molar-refractivity contribution in [3.8, 4) is 0 Å². The predicted octanol–water partition coefficient (Wildman–Crippen LogP) is 4.08. The molecule has 0 aliphatic carbocycles. The molecule has 0 atom stereocenters. The van der Waals surface area contributed by atoms with Gasteiger partial charge < -0.3 is 4.90 Å². The number of fused-ring (bicyclic) bond motifs is 3. The molecule has 7 heteroatoms. The van der Waals surface area contributed by atoms with Crippen molar-refractivity contribution in [3.05, 3.63) is 71.5 Å². The SMILES string of the molecule is Cc1cc2nnc(SCC(=O)N(C)Cc3ccc(F)cc3)n2c2ccccc12. The Morgan fingerprint density at radius 3 is 2.68 bits per heavy atom. The first-order chi connectivity index (χ1) is 13.5. The minimum absolute atomic E-state index is 0.0255. The number of para-hydroxylation sites is 1. The van der Waals surface area contributed by atoms with E-state index in [9.17, 15) is 9.18 Å². The molecule has 0 aliphatic heterocycles. The molecule has 2 aromatic carbocycles. The van der Waals surface area contributed by atoms with Gasteiger partial charge in [-0.3, -0.25) is 9.20 Å². The minimum atomic E-state index is -0.283. The van der Waals surface area contributed by atoms with Gasteiger partial charge in [-0.05, 0) is 42.3 Å². The van der Waals surface area contributed by atoms with Crippen molar-refractivity contribution >= 4 is 34.2 Å². The molecule has 28 heavy (non-hydrogen) atoms. The van der Waals surface area contributed by atoms with E-state index in [0.717, 1.165) is 27.7 Å². The van der Waals surface area contributed by atoms with Crippen molar-refractivity contribution in [2.45, 2.75) is 18.6 Å². The lowest BCUT2D eigenvalue weighted by Gasteiger charge is -2.17. The summed E-state index contributed by atoms with van der Waals surface area (Å²) in [6.07, 6.45) is 0. The second-order valence-corrected chi connectivity index (χ2v) is 7.63. The molecular formula is C21H19FN4OS. The van der Waals surface area contributed by atoms with E-state index < -0.39 is 0 Å². The number of amides is 1. The van der Waals surface area contributed by atoms with Gasteiger partial charge in [0.1, 0.15) is 5.82 Å². The zero-order valence-electron chi connectivity index (χ0n) is 15.6. The molecule has 2 heterocycles. The van der Waals surface area contributed by atoms with Crippen molar-refractivity contribution in [1.82, 2.24) is 19.5 Å². The number of benzene rings is 2. The Morgan fingerprint density at radius 1 is 1.14 bits per heavy atom. The molecular weight excluding hydrogens is 375 g/mol. The fourth-order valence-corrected chi connectivity index (χ4v) is 4.05. The Kier molecular flexibility index (Phi) is 5.00. The zero-order chi connectivity index (χ0) is 19.7. The average Bonchev–Trinajstić information content (AvgIpc) is 3.11. The molecule has 0 spiro atoms. The van der Waals surface area contributed by atoms with Crippen LogP contribution in [0.1, 0.15) is 11.1 Å². The molecule has 5 nitrogen and oxygen atoms in total. The number of pyridine rings is 1. The van der Waals surface area contributed by atoms with E-state index in [-0.39, 0.29) is 17.5 Å². The molecule has 0 fully saturated rings. The molecule has 1 amide bonds. The van der Waals surface area contributed by atoms with Crippen LogP contribution in [0.3, 0.4) is 0 Å². The summed E-state index contributed by atoms with van der Waals surface area (Å²) >= 11 is 1.36. The van der Waals surface area contributed by atoms with Gasteiger partial charge in [0.2, 0.25) is 5.91 Å². The number of carbonyl (C=O) groups excluding carboxylic acids is 1. The van der Waals surface area contributed by atoms with Crippen LogP contribution in [-0.2, 0) is 11.3 Å². The van der Waals surface area contributed by atoms with Crippen LogP contribution in [0.5, 0.6) is 0 Å². The van der Waals surface area contributed by atoms with Crippen LogP contribution in [0.15, 0.2) is 59.8 Å². The Hall–Kier alpha value is -2.93. The number of aromatic nitrogens is 3. The third-order valence-corrected chi connectivity index (χ3v) is 5.57. The molecule has 0 N–H and O–H groups in total. The topological polar surface area (TPSA) is 50.5 Å². The second kappa shape index (κ2) is 7.59. The lowest BCUT2D eigenvalue weighted by atomic mass is 10.1. The van der Waals surface area contributed by atoms with Gasteiger partial charge in [0.25, 0.3) is 0 Å². The number of nitrogens with zero attached hydrogens (tertiary/aromatic N) is 4. The third kappa shape index (κ3) is 3.57. The minimum Gasteiger partial charge on any atom is -0.341 e. The number of halogens is 1. The van der Waals surface area contributed by atoms with E-state index in [0.29, 0.717) is 11.7 Å². The molecule has 2 aromatic heterocycles. The van der Waals surface area contributed by atoms with Gasteiger partial charge in [-0.15, -0.1) is 10.2 Å². The normalized spacial score (nSPS) is 11.2. The smallest absolute Gasteiger partial charge is 0.233 e. The molecule has 0 radical (unpaired) electrons. The fraction of sp³-hybridized carbons (Fsp3) is 0.190. The van der Waals surface area contributed by atoms with Crippen LogP contribution in [0.25, 0.3) is 16.6 Å². The molecule has 0 bridgehead atoms. The van der Waals surface area contributed by atoms with Crippen molar-refractivity contribution in [2.75, 3.05) is 12.8 Å². The van der Waals surface area contributed by atoms with E-state index in [1.54, 1.807) is 24.1 Å². The molecule has 0 unspecified atom stereocenters. The maximum atomic E-state index is 13.0. The molecule has 142 valence electrons. The van der Waals surface area contributed by atoms with E-state index >= 15 is 0 Å². The zero-order valence-corrected chi connectivity index (χ0v) is 16.4. The van der Waals surface area contributed by atoms with Crippen LogP contribution in [0, 0.1) is 12.7 Å². The number of rotatable bonds is 5. The summed E-state index contributed by atoms with van der Waals surface area (Å²) in [5.41, 5.74) is 3.82. The number of thioether (sulfide) groups is 1. The second-order valence-electron chi connectivity index (χ2n) is 6.69. The maximum Gasteiger partial charge on any atom is 0.233 e. The van der Waals surface area contributed by atoms with E-state index in [1.807, 2.05) is 28.7 Å². The summed E-state index contributed by atoms with van der Waals surface area (Å²) in [5, 5.41) is 10.4. The van der Waals surface area contributed by atoms with Crippen molar-refractivity contribution in [1.29, 1.82) is 0 Å². The Morgan fingerprint density at radius 2 is 1.89 bits per heavy atom. The summed E-state index contributed by atoms with van der Waals surface area (Å²) < 4.78 is 15.0. The van der Waals surface area contributed by atoms with Crippen molar-refractivity contribution in [2.24, 2.45) is 0 Å². The first-order valence-electron chi connectivity index (χ1n) is 8.87. The van der Waals surface area contributed by atoms with Gasteiger partial charge in [0.05, 0.1) is 11.3 Å². The van der Waals surface area contributed by atoms with Crippen molar-refractivity contribution in [3.63, 3.8) is 0 Å². The van der Waals surface area contributed by atoms with Crippen LogP contribution in [0.4, 0.5) is 4.39 Å². The number of hydrogen-bond acceptors (Lipinski definition) is 4. The maximum absolute atomic E-state index is 13.0. The van der Waals surface area contributed by atoms with Crippen LogP contribution < -0.4 is 0 Å². The summed E-state index contributed by atoms with van der Waals surface area (Å²) in [5.74, 6) is -0.0577. The van der Waals surface area contributed by atoms with E-state index in [2.05, 4.69) is 23.2 Å². The van der Waals surface area contributed by atoms with Gasteiger partial charge in [-0.2, -0.15) is 0 Å². The first-order valence-corrected chi connectivity index (χ1v) is 9.86. The summed E-state index contributed by atoms with van der Waals surface area (Å²) in [6, 6.07) is 16.3. The van der Waals surface area contributed by atoms with E-state index in [4.69, 9.17) is 0 Å². The quantitative estimate of drug-likeness (QED) is 0.479. The van der Waals surface area contributed by atoms with Gasteiger partial charge in [0.15, 0.2) is 10.8 Å². The van der Waals surface area contributed by atoms with Crippen LogP contribution in [0.2, 0.25) is 0 Å². The first kappa shape index (κ1) is 18.4. The van der Waals surface area contributed by atoms with Crippen LogP contribution in [-0.4, -0.2) is 38.2 Å². The predicted molar refractivity (Wildman–Crippen MR) is 109 cm³/mol. The highest BCUT2D eigenvalue weighted by Gasteiger charge is 2.15. The monoisotopic (exact) mass is 394 g/mol. The third-order valence-electron chi connectivity index (χ3n) is 4.66. The number of carbonyl (C=O) groups is 1. The number of aryl methyl sites for hydroxylation is 1. The van der Waals surface area contributed by atoms with Crippen LogP contribution >= 0.6 is 11.8 Å². The Labute approximate surface area is 166 Å². The highest BCUT2D eigenvalue weighted by atomic mass is 32.2. The Balaban J connectivity index is 1.51. The highest BCUT2D eigenvalue weighted by Crippen LogP contribution is 2.25. The summed E-state index contributed by atoms with van der Waals surface area (Å²) in [6.45, 7) is 2.49. The standard InChI is InChI=1S/C21H19FN4OS/c1-14-11-19-23-24-21(26(19)18-6-4-3-5-17(14)18)28-13-20(27)25(2)12-15-7-9-16(22)10-8-15/h3-11H,12-13H2,1-2H3.